The van der Waals surface area contributed by atoms with E-state index in [4.69, 9.17) is 11.6 Å². The molecule has 2 heterocycles. The third-order valence-electron chi connectivity index (χ3n) is 3.12. The number of rotatable bonds is 2. The molecule has 0 aliphatic rings. The molecule has 0 radical (unpaired) electrons. The van der Waals surface area contributed by atoms with E-state index in [1.54, 1.807) is 12.4 Å². The molecule has 20 heavy (non-hydrogen) atoms. The van der Waals surface area contributed by atoms with E-state index in [9.17, 15) is 4.39 Å². The summed E-state index contributed by atoms with van der Waals surface area (Å²) in [6.07, 6.45) is 3.37. The van der Waals surface area contributed by atoms with E-state index in [1.807, 2.05) is 30.5 Å². The van der Waals surface area contributed by atoms with E-state index < -0.39 is 0 Å². The fourth-order valence-electron chi connectivity index (χ4n) is 2.34. The summed E-state index contributed by atoms with van der Waals surface area (Å²) in [5, 5.41) is -0.286. The molecule has 3 rings (SSSR count). The number of hydrogen-bond donors (Lipinski definition) is 0. The molecule has 0 aliphatic heterocycles. The van der Waals surface area contributed by atoms with E-state index in [-0.39, 0.29) is 11.2 Å². The summed E-state index contributed by atoms with van der Waals surface area (Å²) in [7, 11) is 0. The number of fused-ring (bicyclic) bond motifs is 1. The minimum absolute atomic E-state index is 0.274. The number of benzene rings is 1. The van der Waals surface area contributed by atoms with Crippen molar-refractivity contribution in [1.29, 1.82) is 0 Å². The number of hydrogen-bond acceptors (Lipinski definition) is 2. The molecular weight excluding hydrogens is 277 g/mol. The Bertz CT molecular complexity index is 760. The lowest BCUT2D eigenvalue weighted by molar-refractivity contribution is 0.625. The normalized spacial score (nSPS) is 12.8. The second kappa shape index (κ2) is 4.87. The molecule has 1 unspecified atom stereocenters. The number of aryl methyl sites for hydroxylation is 1. The Morgan fingerprint density at radius 2 is 2.10 bits per heavy atom. The molecule has 0 bridgehead atoms. The number of imidazole rings is 1. The molecule has 102 valence electrons. The minimum atomic E-state index is -0.286. The summed E-state index contributed by atoms with van der Waals surface area (Å²) >= 11 is 6.21. The van der Waals surface area contributed by atoms with Crippen molar-refractivity contribution in [2.45, 2.75) is 19.2 Å². The van der Waals surface area contributed by atoms with Crippen LogP contribution in [-0.2, 0) is 0 Å². The molecule has 0 N–H and O–H groups in total. The summed E-state index contributed by atoms with van der Waals surface area (Å²) in [6.45, 7) is 3.70. The van der Waals surface area contributed by atoms with Gasteiger partial charge in [-0.25, -0.2) is 9.37 Å². The van der Waals surface area contributed by atoms with Gasteiger partial charge in [0.1, 0.15) is 17.2 Å². The van der Waals surface area contributed by atoms with Crippen LogP contribution in [0.3, 0.4) is 0 Å². The average molecular weight is 290 g/mol. The summed E-state index contributed by atoms with van der Waals surface area (Å²) in [5.74, 6) is 0.406. The van der Waals surface area contributed by atoms with E-state index in [2.05, 4.69) is 9.97 Å². The molecule has 0 amide bonds. The van der Waals surface area contributed by atoms with Gasteiger partial charge in [-0.15, -0.1) is 11.6 Å². The molecule has 1 atom stereocenters. The van der Waals surface area contributed by atoms with Crippen molar-refractivity contribution in [2.75, 3.05) is 0 Å². The molecule has 3 nitrogen and oxygen atoms in total. The number of aromatic nitrogens is 3. The number of halogens is 2. The highest BCUT2D eigenvalue weighted by molar-refractivity contribution is 6.20. The Kier molecular flexibility index (Phi) is 3.18. The zero-order chi connectivity index (χ0) is 14.3. The van der Waals surface area contributed by atoms with Gasteiger partial charge in [0.25, 0.3) is 0 Å². The van der Waals surface area contributed by atoms with Gasteiger partial charge >= 0.3 is 0 Å². The fourth-order valence-corrected chi connectivity index (χ4v) is 2.48. The first-order valence-corrected chi connectivity index (χ1v) is 6.74. The molecule has 2 aromatic heterocycles. The first kappa shape index (κ1) is 13.1. The Morgan fingerprint density at radius 3 is 2.80 bits per heavy atom. The topological polar surface area (TPSA) is 30.7 Å². The van der Waals surface area contributed by atoms with Crippen LogP contribution in [0.1, 0.15) is 23.7 Å². The van der Waals surface area contributed by atoms with Crippen LogP contribution in [0.4, 0.5) is 4.39 Å². The quantitative estimate of drug-likeness (QED) is 0.663. The van der Waals surface area contributed by atoms with Crippen LogP contribution in [0.25, 0.3) is 16.7 Å². The third-order valence-corrected chi connectivity index (χ3v) is 3.32. The molecule has 0 saturated heterocycles. The van der Waals surface area contributed by atoms with Gasteiger partial charge in [0, 0.05) is 6.20 Å². The zero-order valence-corrected chi connectivity index (χ0v) is 11.9. The average Bonchev–Trinajstić information content (AvgIpc) is 2.77. The Hall–Kier alpha value is -1.94. The van der Waals surface area contributed by atoms with E-state index in [0.717, 1.165) is 22.3 Å². The first-order valence-electron chi connectivity index (χ1n) is 6.30. The first-order chi connectivity index (χ1) is 9.56. The maximum atomic E-state index is 13.7. The highest BCUT2D eigenvalue weighted by Crippen LogP contribution is 2.28. The van der Waals surface area contributed by atoms with Gasteiger partial charge < -0.3 is 0 Å². The maximum absolute atomic E-state index is 13.7. The molecule has 1 aromatic carbocycles. The standard InChI is InChI=1S/C15H13ClFN3/c1-9-5-11(17)7-12(6-9)20-14-3-4-18-8-13(14)19-15(20)10(2)16/h3-8,10H,1-2H3. The lowest BCUT2D eigenvalue weighted by atomic mass is 10.2. The van der Waals surface area contributed by atoms with Crippen molar-refractivity contribution < 1.29 is 4.39 Å². The van der Waals surface area contributed by atoms with Gasteiger partial charge in [0.15, 0.2) is 0 Å². The van der Waals surface area contributed by atoms with Crippen molar-refractivity contribution in [3.8, 4) is 5.69 Å². The monoisotopic (exact) mass is 289 g/mol. The van der Waals surface area contributed by atoms with E-state index in [1.165, 1.54) is 12.1 Å². The SMILES string of the molecule is Cc1cc(F)cc(-n2c(C(C)Cl)nc3cnccc32)c1. The molecular formula is C15H13ClFN3. The number of pyridine rings is 1. The van der Waals surface area contributed by atoms with Gasteiger partial charge in [0.05, 0.1) is 22.8 Å². The van der Waals surface area contributed by atoms with E-state index >= 15 is 0 Å². The molecule has 0 saturated carbocycles. The third kappa shape index (κ3) is 2.16. The van der Waals surface area contributed by atoms with Crippen LogP contribution >= 0.6 is 11.6 Å². The highest BCUT2D eigenvalue weighted by Gasteiger charge is 2.16. The predicted octanol–water partition coefficient (Wildman–Crippen LogP) is 4.17. The summed E-state index contributed by atoms with van der Waals surface area (Å²) in [4.78, 5) is 8.56. The van der Waals surface area contributed by atoms with Crippen molar-refractivity contribution >= 4 is 22.6 Å². The van der Waals surface area contributed by atoms with Crippen LogP contribution in [0.5, 0.6) is 0 Å². The van der Waals surface area contributed by atoms with Crippen LogP contribution in [-0.4, -0.2) is 14.5 Å². The summed E-state index contributed by atoms with van der Waals surface area (Å²) in [5.41, 5.74) is 3.19. The van der Waals surface area contributed by atoms with Crippen molar-refractivity contribution in [1.82, 2.24) is 14.5 Å². The number of alkyl halides is 1. The fraction of sp³-hybridized carbons (Fsp3) is 0.200. The lowest BCUT2D eigenvalue weighted by Gasteiger charge is -2.11. The largest absolute Gasteiger partial charge is 0.295 e. The van der Waals surface area contributed by atoms with Crippen LogP contribution in [0, 0.1) is 12.7 Å². The zero-order valence-electron chi connectivity index (χ0n) is 11.1. The Labute approximate surface area is 121 Å². The summed E-state index contributed by atoms with van der Waals surface area (Å²) in [6, 6.07) is 6.74. The second-order valence-corrected chi connectivity index (χ2v) is 5.43. The van der Waals surface area contributed by atoms with Crippen LogP contribution in [0.15, 0.2) is 36.7 Å². The Morgan fingerprint density at radius 1 is 1.30 bits per heavy atom. The van der Waals surface area contributed by atoms with Crippen LogP contribution < -0.4 is 0 Å². The summed E-state index contributed by atoms with van der Waals surface area (Å²) < 4.78 is 15.6. The highest BCUT2D eigenvalue weighted by atomic mass is 35.5. The van der Waals surface area contributed by atoms with Gasteiger partial charge in [-0.05, 0) is 43.7 Å². The lowest BCUT2D eigenvalue weighted by Crippen LogP contribution is -2.02. The smallest absolute Gasteiger partial charge is 0.132 e. The van der Waals surface area contributed by atoms with Crippen LogP contribution in [0.2, 0.25) is 0 Å². The van der Waals surface area contributed by atoms with Crippen molar-refractivity contribution in [3.05, 3.63) is 53.9 Å². The molecule has 3 aromatic rings. The maximum Gasteiger partial charge on any atom is 0.132 e. The minimum Gasteiger partial charge on any atom is -0.295 e. The molecule has 5 heteroatoms. The van der Waals surface area contributed by atoms with E-state index in [0.29, 0.717) is 5.82 Å². The molecule has 0 spiro atoms. The predicted molar refractivity (Wildman–Crippen MR) is 77.8 cm³/mol. The molecule has 0 fully saturated rings. The van der Waals surface area contributed by atoms with Crippen molar-refractivity contribution in [3.63, 3.8) is 0 Å². The van der Waals surface area contributed by atoms with Crippen molar-refractivity contribution in [2.24, 2.45) is 0 Å². The van der Waals surface area contributed by atoms with Gasteiger partial charge in [0.2, 0.25) is 0 Å². The van der Waals surface area contributed by atoms with Gasteiger partial charge in [-0.1, -0.05) is 0 Å². The molecule has 0 aliphatic carbocycles. The van der Waals surface area contributed by atoms with Gasteiger partial charge in [-0.2, -0.15) is 0 Å². The number of nitrogens with zero attached hydrogens (tertiary/aromatic N) is 3. The Balaban J connectivity index is 2.36. The van der Waals surface area contributed by atoms with Gasteiger partial charge in [-0.3, -0.25) is 9.55 Å². The second-order valence-electron chi connectivity index (χ2n) is 4.77.